The molecule has 1 aromatic carbocycles. The summed E-state index contributed by atoms with van der Waals surface area (Å²) in [5.41, 5.74) is 6.19. The minimum atomic E-state index is -0.363. The van der Waals surface area contributed by atoms with Crippen LogP contribution in [-0.2, 0) is 6.54 Å². The summed E-state index contributed by atoms with van der Waals surface area (Å²) >= 11 is 12.5. The fourth-order valence-electron chi connectivity index (χ4n) is 3.73. The van der Waals surface area contributed by atoms with Crippen molar-refractivity contribution >= 4 is 45.9 Å². The number of fused-ring (bicyclic) bond motifs is 1. The van der Waals surface area contributed by atoms with Crippen LogP contribution in [0.1, 0.15) is 36.7 Å². The molecule has 0 aliphatic heterocycles. The van der Waals surface area contributed by atoms with Gasteiger partial charge in [0.15, 0.2) is 11.0 Å². The molecule has 0 radical (unpaired) electrons. The Morgan fingerprint density at radius 2 is 2.09 bits per heavy atom. The van der Waals surface area contributed by atoms with Crippen LogP contribution in [-0.4, -0.2) is 33.1 Å². The Labute approximate surface area is 194 Å². The second-order valence-corrected chi connectivity index (χ2v) is 8.45. The molecule has 3 aromatic rings. The van der Waals surface area contributed by atoms with Gasteiger partial charge in [0.05, 0.1) is 22.0 Å². The number of nitrogens with two attached hydrogens (primary N) is 1. The van der Waals surface area contributed by atoms with Gasteiger partial charge in [-0.25, -0.2) is 4.98 Å². The van der Waals surface area contributed by atoms with Gasteiger partial charge in [-0.15, -0.1) is 0 Å². The fraction of sp³-hybridized carbons (Fsp3) is 0.381. The fourth-order valence-corrected chi connectivity index (χ4v) is 4.20. The Kier molecular flexibility index (Phi) is 6.46. The van der Waals surface area contributed by atoms with Crippen molar-refractivity contribution in [3.8, 4) is 6.07 Å². The van der Waals surface area contributed by atoms with E-state index in [4.69, 9.17) is 33.9 Å². The van der Waals surface area contributed by atoms with E-state index in [1.807, 2.05) is 13.1 Å². The van der Waals surface area contributed by atoms with Gasteiger partial charge in [-0.3, -0.25) is 9.36 Å². The van der Waals surface area contributed by atoms with Crippen molar-refractivity contribution in [2.24, 2.45) is 5.92 Å². The number of anilines is 2. The lowest BCUT2D eigenvalue weighted by atomic mass is 10.1. The molecule has 1 unspecified atom stereocenters. The highest BCUT2D eigenvalue weighted by Crippen LogP contribution is 2.43. The van der Waals surface area contributed by atoms with Crippen LogP contribution in [0.15, 0.2) is 23.0 Å². The number of nitrogens with one attached hydrogen (secondary N) is 2. The van der Waals surface area contributed by atoms with E-state index in [-0.39, 0.29) is 40.0 Å². The van der Waals surface area contributed by atoms with Gasteiger partial charge in [0.1, 0.15) is 17.5 Å². The van der Waals surface area contributed by atoms with Crippen molar-refractivity contribution in [1.82, 2.24) is 24.8 Å². The highest BCUT2D eigenvalue weighted by Gasteiger charge is 2.36. The second-order valence-electron chi connectivity index (χ2n) is 7.69. The van der Waals surface area contributed by atoms with Crippen LogP contribution in [0.5, 0.6) is 0 Å². The average molecular weight is 473 g/mol. The molecule has 1 saturated carbocycles. The molecule has 1 fully saturated rings. The second kappa shape index (κ2) is 9.28. The van der Waals surface area contributed by atoms with Crippen molar-refractivity contribution in [3.05, 3.63) is 50.1 Å². The summed E-state index contributed by atoms with van der Waals surface area (Å²) in [5, 5.41) is 16.7. The van der Waals surface area contributed by atoms with E-state index in [9.17, 15) is 10.1 Å². The Bertz CT molecular complexity index is 1270. The number of nitriles is 1. The van der Waals surface area contributed by atoms with E-state index in [1.54, 1.807) is 22.8 Å². The molecule has 166 valence electrons. The summed E-state index contributed by atoms with van der Waals surface area (Å²) in [4.78, 5) is 26.3. The normalized spacial score (nSPS) is 14.3. The van der Waals surface area contributed by atoms with E-state index < -0.39 is 0 Å². The minimum Gasteiger partial charge on any atom is -0.368 e. The van der Waals surface area contributed by atoms with E-state index >= 15 is 0 Å². The lowest BCUT2D eigenvalue weighted by Gasteiger charge is -2.23. The van der Waals surface area contributed by atoms with Gasteiger partial charge in [0.2, 0.25) is 5.95 Å². The third kappa shape index (κ3) is 4.35. The van der Waals surface area contributed by atoms with E-state index in [1.165, 1.54) is 0 Å². The van der Waals surface area contributed by atoms with Gasteiger partial charge in [0.25, 0.3) is 5.56 Å². The number of benzene rings is 1. The van der Waals surface area contributed by atoms with Crippen LogP contribution >= 0.6 is 23.2 Å². The van der Waals surface area contributed by atoms with Crippen molar-refractivity contribution in [2.45, 2.75) is 31.8 Å². The number of hydrogen-bond acceptors (Lipinski definition) is 8. The molecule has 2 aromatic heterocycles. The molecule has 1 aliphatic carbocycles. The third-order valence-electron chi connectivity index (χ3n) is 5.43. The first-order valence-corrected chi connectivity index (χ1v) is 11.0. The molecule has 0 amide bonds. The van der Waals surface area contributed by atoms with E-state index in [2.05, 4.69) is 20.6 Å². The van der Waals surface area contributed by atoms with Crippen LogP contribution in [0.4, 0.5) is 11.8 Å². The van der Waals surface area contributed by atoms with E-state index in [0.29, 0.717) is 28.3 Å². The number of hydrogen-bond donors (Lipinski definition) is 3. The maximum absolute atomic E-state index is 13.5. The van der Waals surface area contributed by atoms with Gasteiger partial charge in [0, 0.05) is 6.54 Å². The molecule has 4 rings (SSSR count). The highest BCUT2D eigenvalue weighted by atomic mass is 35.5. The maximum Gasteiger partial charge on any atom is 0.262 e. The van der Waals surface area contributed by atoms with Crippen LogP contribution in [0.3, 0.4) is 0 Å². The first-order valence-electron chi connectivity index (χ1n) is 10.3. The Morgan fingerprint density at radius 1 is 1.31 bits per heavy atom. The van der Waals surface area contributed by atoms with Crippen molar-refractivity contribution in [1.29, 1.82) is 5.26 Å². The zero-order valence-electron chi connectivity index (χ0n) is 17.4. The number of rotatable bonds is 8. The van der Waals surface area contributed by atoms with Crippen LogP contribution in [0, 0.1) is 17.2 Å². The van der Waals surface area contributed by atoms with Gasteiger partial charge in [-0.1, -0.05) is 29.3 Å². The van der Waals surface area contributed by atoms with Crippen LogP contribution < -0.4 is 21.9 Å². The molecule has 11 heteroatoms. The zero-order valence-corrected chi connectivity index (χ0v) is 18.9. The lowest BCUT2D eigenvalue weighted by molar-refractivity contribution is 0.521. The largest absolute Gasteiger partial charge is 0.368 e. The van der Waals surface area contributed by atoms with Crippen LogP contribution in [0.25, 0.3) is 10.9 Å². The molecule has 0 bridgehead atoms. The topological polar surface area (TPSA) is 135 Å². The van der Waals surface area contributed by atoms with Crippen molar-refractivity contribution < 1.29 is 0 Å². The summed E-state index contributed by atoms with van der Waals surface area (Å²) in [6.45, 7) is 1.20. The molecule has 2 heterocycles. The Hall–Kier alpha value is -2.93. The van der Waals surface area contributed by atoms with Gasteiger partial charge in [-0.05, 0) is 50.9 Å². The molecule has 32 heavy (non-hydrogen) atoms. The molecule has 1 atom stereocenters. The summed E-state index contributed by atoms with van der Waals surface area (Å²) < 4.78 is 1.67. The molecule has 9 nitrogen and oxygen atoms in total. The number of nitrogen functional groups attached to an aromatic ring is 1. The van der Waals surface area contributed by atoms with Crippen LogP contribution in [0.2, 0.25) is 10.2 Å². The Balaban J connectivity index is 1.87. The average Bonchev–Trinajstić information content (AvgIpc) is 3.58. The highest BCUT2D eigenvalue weighted by molar-refractivity contribution is 6.35. The standard InChI is InChI=1S/C21H22Cl2N8O/c1-26-8-3-9-31-19(27-14-5-2-4-13(22)15(14)20(31)32)16(11-6-7-11)28-18-12(10-24)17(23)29-21(25)30-18/h2,4-5,11,16,26H,3,6-9H2,1H3,(H3,25,28,29,30). The summed E-state index contributed by atoms with van der Waals surface area (Å²) in [5.74, 6) is 0.969. The molecule has 0 saturated heterocycles. The van der Waals surface area contributed by atoms with Gasteiger partial charge >= 0.3 is 0 Å². The molecule has 0 spiro atoms. The molecule has 1 aliphatic rings. The molecular weight excluding hydrogens is 451 g/mol. The van der Waals surface area contributed by atoms with Crippen molar-refractivity contribution in [3.63, 3.8) is 0 Å². The van der Waals surface area contributed by atoms with E-state index in [0.717, 1.165) is 25.8 Å². The molecular formula is C21H22Cl2N8O. The smallest absolute Gasteiger partial charge is 0.262 e. The summed E-state index contributed by atoms with van der Waals surface area (Å²) in [6, 6.07) is 6.89. The summed E-state index contributed by atoms with van der Waals surface area (Å²) in [7, 11) is 1.86. The number of nitrogens with zero attached hydrogens (tertiary/aromatic N) is 5. The number of aromatic nitrogens is 4. The monoisotopic (exact) mass is 472 g/mol. The van der Waals surface area contributed by atoms with Crippen molar-refractivity contribution in [2.75, 3.05) is 24.6 Å². The maximum atomic E-state index is 13.5. The summed E-state index contributed by atoms with van der Waals surface area (Å²) in [6.07, 6.45) is 2.63. The predicted octanol–water partition coefficient (Wildman–Crippen LogP) is 3.12. The van der Waals surface area contributed by atoms with Gasteiger partial charge in [-0.2, -0.15) is 15.2 Å². The molecule has 4 N–H and O–H groups in total. The first kappa shape index (κ1) is 22.3. The first-order chi connectivity index (χ1) is 15.4. The lowest BCUT2D eigenvalue weighted by Crippen LogP contribution is -2.31. The number of halogens is 2. The minimum absolute atomic E-state index is 0.0262. The SMILES string of the molecule is CNCCCn1c(C(Nc2nc(N)nc(Cl)c2C#N)C2CC2)nc2cccc(Cl)c2c1=O. The predicted molar refractivity (Wildman–Crippen MR) is 125 cm³/mol. The zero-order chi connectivity index (χ0) is 22.8. The van der Waals surface area contributed by atoms with Gasteiger partial charge < -0.3 is 16.4 Å². The quantitative estimate of drug-likeness (QED) is 0.336. The third-order valence-corrected chi connectivity index (χ3v) is 6.02. The Morgan fingerprint density at radius 3 is 2.78 bits per heavy atom.